The molecule has 0 saturated carbocycles. The molecule has 2 heteroatoms. The maximum Gasteiger partial charge on any atom is 0.0367 e. The van der Waals surface area contributed by atoms with E-state index in [0.29, 0.717) is 0 Å². The molecule has 1 nitrogen and oxygen atoms in total. The number of hydrogen-bond acceptors (Lipinski definition) is 1. The van der Waals surface area contributed by atoms with E-state index in [2.05, 4.69) is 55.2 Å². The smallest absolute Gasteiger partial charge is 0.0367 e. The van der Waals surface area contributed by atoms with Crippen LogP contribution >= 0.6 is 0 Å². The van der Waals surface area contributed by atoms with E-state index in [9.17, 15) is 0 Å². The second-order valence-electron chi connectivity index (χ2n) is 4.62. The maximum absolute atomic E-state index is 4.50. The van der Waals surface area contributed by atoms with Crippen molar-refractivity contribution in [3.05, 3.63) is 65.9 Å². The van der Waals surface area contributed by atoms with E-state index >= 15 is 0 Å². The van der Waals surface area contributed by atoms with Crippen LogP contribution in [0.15, 0.2) is 48.7 Å². The predicted octanol–water partition coefficient (Wildman–Crippen LogP) is 4.32. The fraction of sp³-hybridized carbons (Fsp3) is 0.118. The minimum atomic E-state index is 0. The van der Waals surface area contributed by atoms with Gasteiger partial charge in [0, 0.05) is 32.8 Å². The van der Waals surface area contributed by atoms with Crippen LogP contribution in [-0.4, -0.2) is 4.98 Å². The number of benzene rings is 2. The fourth-order valence-corrected chi connectivity index (χ4v) is 2.35. The molecule has 0 bridgehead atoms. The molecule has 2 aromatic carbocycles. The number of pyridine rings is 1. The van der Waals surface area contributed by atoms with Gasteiger partial charge in [-0.1, -0.05) is 43.7 Å². The van der Waals surface area contributed by atoms with Crippen molar-refractivity contribution in [1.29, 1.82) is 0 Å². The summed E-state index contributed by atoms with van der Waals surface area (Å²) in [5.74, 6) is 0. The molecule has 94 valence electrons. The molecule has 0 fully saturated rings. The summed E-state index contributed by atoms with van der Waals surface area (Å²) >= 11 is 0. The number of hydrogen-bond donors (Lipinski definition) is 0. The quantitative estimate of drug-likeness (QED) is 0.539. The van der Waals surface area contributed by atoms with Crippen LogP contribution < -0.4 is 0 Å². The monoisotopic (exact) mass is 416 g/mol. The average molecular weight is 416 g/mol. The van der Waals surface area contributed by atoms with E-state index in [1.807, 2.05) is 18.3 Å². The summed E-state index contributed by atoms with van der Waals surface area (Å²) in [5.41, 5.74) is 5.83. The average Bonchev–Trinajstić information content (AvgIpc) is 2.38. The van der Waals surface area contributed by atoms with Crippen LogP contribution in [0.3, 0.4) is 0 Å². The molecule has 0 N–H and O–H groups in total. The van der Waals surface area contributed by atoms with Gasteiger partial charge in [0.15, 0.2) is 0 Å². The van der Waals surface area contributed by atoms with E-state index in [-0.39, 0.29) is 21.1 Å². The van der Waals surface area contributed by atoms with E-state index in [4.69, 9.17) is 0 Å². The molecule has 1 heterocycles. The Labute approximate surface area is 128 Å². The van der Waals surface area contributed by atoms with Gasteiger partial charge in [-0.2, -0.15) is 0 Å². The molecule has 0 saturated heterocycles. The van der Waals surface area contributed by atoms with Crippen molar-refractivity contribution in [3.8, 4) is 11.1 Å². The molecule has 3 rings (SSSR count). The van der Waals surface area contributed by atoms with Crippen molar-refractivity contribution in [1.82, 2.24) is 4.98 Å². The van der Waals surface area contributed by atoms with Crippen LogP contribution in [0, 0.1) is 19.9 Å². The molecular weight excluding hydrogens is 402 g/mol. The molecule has 0 atom stereocenters. The Morgan fingerprint density at radius 1 is 1.05 bits per heavy atom. The van der Waals surface area contributed by atoms with Crippen LogP contribution in [0.4, 0.5) is 0 Å². The topological polar surface area (TPSA) is 12.9 Å². The van der Waals surface area contributed by atoms with Crippen LogP contribution in [-0.2, 0) is 21.1 Å². The summed E-state index contributed by atoms with van der Waals surface area (Å²) in [4.78, 5) is 4.50. The Bertz CT molecular complexity index is 714. The molecule has 0 aliphatic rings. The minimum Gasteiger partial charge on any atom is -0.266 e. The maximum atomic E-state index is 4.50. The van der Waals surface area contributed by atoms with Crippen LogP contribution in [0.1, 0.15) is 11.1 Å². The zero-order valence-electron chi connectivity index (χ0n) is 11.0. The van der Waals surface area contributed by atoms with Crippen molar-refractivity contribution >= 4 is 10.9 Å². The summed E-state index contributed by atoms with van der Waals surface area (Å²) in [6.07, 6.45) is 1.84. The van der Waals surface area contributed by atoms with Gasteiger partial charge >= 0.3 is 0 Å². The van der Waals surface area contributed by atoms with Gasteiger partial charge in [0.2, 0.25) is 0 Å². The van der Waals surface area contributed by atoms with E-state index in [1.165, 1.54) is 16.5 Å². The second kappa shape index (κ2) is 5.67. The number of fused-ring (bicyclic) bond motifs is 1. The number of aromatic nitrogens is 1. The Morgan fingerprint density at radius 3 is 2.63 bits per heavy atom. The van der Waals surface area contributed by atoms with Crippen molar-refractivity contribution in [2.75, 3.05) is 0 Å². The van der Waals surface area contributed by atoms with E-state index < -0.39 is 0 Å². The van der Waals surface area contributed by atoms with Gasteiger partial charge in [0.05, 0.1) is 0 Å². The molecule has 0 radical (unpaired) electrons. The van der Waals surface area contributed by atoms with E-state index in [0.717, 1.165) is 16.6 Å². The van der Waals surface area contributed by atoms with E-state index in [1.54, 1.807) is 0 Å². The van der Waals surface area contributed by atoms with Crippen molar-refractivity contribution < 1.29 is 21.1 Å². The minimum absolute atomic E-state index is 0. The Hall–Kier alpha value is -1.46. The second-order valence-corrected chi connectivity index (χ2v) is 4.62. The number of para-hydroxylation sites is 1. The molecule has 0 aliphatic heterocycles. The number of aryl methyl sites for hydroxylation is 2. The fourth-order valence-electron chi connectivity index (χ4n) is 2.35. The first-order valence-corrected chi connectivity index (χ1v) is 6.09. The molecule has 0 unspecified atom stereocenters. The van der Waals surface area contributed by atoms with Crippen molar-refractivity contribution in [2.45, 2.75) is 13.8 Å². The SMILES string of the molecule is Cc1c[c-]c(-c2cccc3cccnc23)c(C)c1.[W]. The molecule has 1 aromatic heterocycles. The van der Waals surface area contributed by atoms with Crippen molar-refractivity contribution in [3.63, 3.8) is 0 Å². The summed E-state index contributed by atoms with van der Waals surface area (Å²) < 4.78 is 0. The zero-order valence-corrected chi connectivity index (χ0v) is 13.9. The molecule has 0 amide bonds. The standard InChI is InChI=1S/C17H14N.W/c1-12-8-9-15(13(2)11-12)16-7-3-5-14-6-4-10-18-17(14)16;/h3-8,10-11H,1-2H3;/q-1;. The number of rotatable bonds is 1. The van der Waals surface area contributed by atoms with Crippen LogP contribution in [0.5, 0.6) is 0 Å². The van der Waals surface area contributed by atoms with Gasteiger partial charge in [0.25, 0.3) is 0 Å². The first kappa shape index (κ1) is 14.0. The Kier molecular flexibility index (Phi) is 4.17. The first-order valence-electron chi connectivity index (χ1n) is 6.09. The van der Waals surface area contributed by atoms with Crippen LogP contribution in [0.25, 0.3) is 22.0 Å². The van der Waals surface area contributed by atoms with Gasteiger partial charge in [-0.15, -0.1) is 34.9 Å². The number of nitrogens with zero attached hydrogens (tertiary/aromatic N) is 1. The summed E-state index contributed by atoms with van der Waals surface area (Å²) in [5, 5.41) is 1.17. The largest absolute Gasteiger partial charge is 0.266 e. The molecule has 19 heavy (non-hydrogen) atoms. The van der Waals surface area contributed by atoms with Gasteiger partial charge < -0.3 is 0 Å². The van der Waals surface area contributed by atoms with Crippen molar-refractivity contribution in [2.24, 2.45) is 0 Å². The molecule has 0 aliphatic carbocycles. The zero-order chi connectivity index (χ0) is 12.5. The third-order valence-electron chi connectivity index (χ3n) is 3.18. The normalized spacial score (nSPS) is 10.2. The van der Waals surface area contributed by atoms with Gasteiger partial charge in [-0.3, -0.25) is 4.98 Å². The summed E-state index contributed by atoms with van der Waals surface area (Å²) in [7, 11) is 0. The molecule has 3 aromatic rings. The first-order chi connectivity index (χ1) is 8.75. The van der Waals surface area contributed by atoms with Crippen LogP contribution in [0.2, 0.25) is 0 Å². The van der Waals surface area contributed by atoms with Gasteiger partial charge in [-0.05, 0) is 11.5 Å². The predicted molar refractivity (Wildman–Crippen MR) is 75.5 cm³/mol. The Morgan fingerprint density at radius 2 is 1.84 bits per heavy atom. The Balaban J connectivity index is 0.00000133. The summed E-state index contributed by atoms with van der Waals surface area (Å²) in [6, 6.07) is 17.9. The van der Waals surface area contributed by atoms with Gasteiger partial charge in [0.1, 0.15) is 0 Å². The third-order valence-corrected chi connectivity index (χ3v) is 3.18. The molecular formula is C17H14NW-. The summed E-state index contributed by atoms with van der Waals surface area (Å²) in [6.45, 7) is 4.22. The third kappa shape index (κ3) is 2.62. The molecule has 0 spiro atoms. The van der Waals surface area contributed by atoms with Gasteiger partial charge in [-0.25, -0.2) is 0 Å².